The van der Waals surface area contributed by atoms with Crippen molar-refractivity contribution in [2.75, 3.05) is 0 Å². The van der Waals surface area contributed by atoms with Gasteiger partial charge in [0.05, 0.1) is 0 Å². The Morgan fingerprint density at radius 1 is 0.536 bits per heavy atom. The molecule has 162 valence electrons. The first-order chi connectivity index (χ1) is 13.8. The van der Waals surface area contributed by atoms with E-state index in [9.17, 15) is 0 Å². The van der Waals surface area contributed by atoms with Gasteiger partial charge in [-0.1, -0.05) is 97.8 Å². The fraction of sp³-hybridized carbons (Fsp3) is 0.815. The van der Waals surface area contributed by atoms with Gasteiger partial charge in [0.1, 0.15) is 6.54 Å². The van der Waals surface area contributed by atoms with Gasteiger partial charge in [-0.3, -0.25) is 0 Å². The Bertz CT molecular complexity index is 465. The summed E-state index contributed by atoms with van der Waals surface area (Å²) in [5.41, 5.74) is 3.27. The van der Waals surface area contributed by atoms with E-state index < -0.39 is 0 Å². The zero-order valence-electron chi connectivity index (χ0n) is 19.6. The lowest BCUT2D eigenvalue weighted by molar-refractivity contribution is -0.697. The average Bonchev–Trinajstić information content (AvgIpc) is 2.71. The third-order valence-corrected chi connectivity index (χ3v) is 6.07. The van der Waals surface area contributed by atoms with E-state index >= 15 is 0 Å². The van der Waals surface area contributed by atoms with Crippen molar-refractivity contribution >= 4 is 0 Å². The molecule has 0 bridgehead atoms. The minimum Gasteiger partial charge on any atom is -0.205 e. The molecule has 1 aromatic rings. The molecule has 0 aliphatic rings. The van der Waals surface area contributed by atoms with Crippen LogP contribution >= 0.6 is 0 Å². The van der Waals surface area contributed by atoms with Crippen LogP contribution in [-0.2, 0) is 19.4 Å². The molecule has 1 nitrogen and oxygen atoms in total. The highest BCUT2D eigenvalue weighted by Crippen LogP contribution is 2.16. The Kier molecular flexibility index (Phi) is 16.4. The number of pyridine rings is 1. The normalized spacial score (nSPS) is 11.2. The molecule has 28 heavy (non-hydrogen) atoms. The van der Waals surface area contributed by atoms with Crippen LogP contribution in [0.5, 0.6) is 0 Å². The number of aryl methyl sites for hydroxylation is 3. The summed E-state index contributed by atoms with van der Waals surface area (Å²) in [5, 5.41) is 0. The molecule has 0 saturated heterocycles. The molecule has 0 spiro atoms. The van der Waals surface area contributed by atoms with Gasteiger partial charge in [-0.05, 0) is 37.7 Å². The Hall–Kier alpha value is -0.850. The number of hydrogen-bond acceptors (Lipinski definition) is 0. The van der Waals surface area contributed by atoms with E-state index in [0.29, 0.717) is 0 Å². The lowest BCUT2D eigenvalue weighted by Gasteiger charge is -2.09. The lowest BCUT2D eigenvalue weighted by atomic mass is 9.98. The molecule has 0 amide bonds. The first-order valence-electron chi connectivity index (χ1n) is 12.8. The fourth-order valence-electron chi connectivity index (χ4n) is 4.14. The number of hydrogen-bond donors (Lipinski definition) is 0. The van der Waals surface area contributed by atoms with Crippen LogP contribution in [0.15, 0.2) is 18.5 Å². The molecule has 0 fully saturated rings. The average molecular weight is 389 g/mol. The summed E-state index contributed by atoms with van der Waals surface area (Å²) in [7, 11) is 0. The predicted molar refractivity (Wildman–Crippen MR) is 125 cm³/mol. The maximum Gasteiger partial charge on any atom is 0.172 e. The first-order valence-corrected chi connectivity index (χ1v) is 12.8. The Balaban J connectivity index is 2.50. The van der Waals surface area contributed by atoms with Crippen LogP contribution in [0.1, 0.15) is 135 Å². The molecule has 1 heterocycles. The quantitative estimate of drug-likeness (QED) is 0.165. The molecule has 0 saturated carbocycles. The smallest absolute Gasteiger partial charge is 0.172 e. The monoisotopic (exact) mass is 388 g/mol. The van der Waals surface area contributed by atoms with Crippen molar-refractivity contribution in [1.29, 1.82) is 0 Å². The van der Waals surface area contributed by atoms with Gasteiger partial charge < -0.3 is 0 Å². The van der Waals surface area contributed by atoms with E-state index in [2.05, 4.69) is 43.8 Å². The number of unbranched alkanes of at least 4 members (excludes halogenated alkanes) is 13. The molecule has 0 aliphatic heterocycles. The van der Waals surface area contributed by atoms with Gasteiger partial charge in [-0.25, -0.2) is 4.57 Å². The highest BCUT2D eigenvalue weighted by Gasteiger charge is 2.10. The van der Waals surface area contributed by atoms with E-state index in [1.165, 1.54) is 122 Å². The third kappa shape index (κ3) is 12.6. The zero-order chi connectivity index (χ0) is 20.3. The van der Waals surface area contributed by atoms with E-state index in [1.807, 2.05) is 0 Å². The zero-order valence-corrected chi connectivity index (χ0v) is 19.6. The minimum absolute atomic E-state index is 1.20. The van der Waals surface area contributed by atoms with Gasteiger partial charge in [0.25, 0.3) is 0 Å². The molecule has 0 radical (unpaired) electrons. The van der Waals surface area contributed by atoms with Crippen LogP contribution in [0.4, 0.5) is 0 Å². The highest BCUT2D eigenvalue weighted by molar-refractivity contribution is 5.21. The second kappa shape index (κ2) is 18.2. The summed E-state index contributed by atoms with van der Waals surface area (Å²) in [6.07, 6.45) is 29.6. The van der Waals surface area contributed by atoms with Crippen molar-refractivity contribution in [3.05, 3.63) is 29.6 Å². The number of nitrogens with zero attached hydrogens (tertiary/aromatic N) is 1. The van der Waals surface area contributed by atoms with Gasteiger partial charge in [-0.15, -0.1) is 0 Å². The van der Waals surface area contributed by atoms with Gasteiger partial charge >= 0.3 is 0 Å². The molecule has 0 N–H and O–H groups in total. The number of rotatable bonds is 19. The van der Waals surface area contributed by atoms with E-state index in [1.54, 1.807) is 11.1 Å². The molecule has 1 aromatic heterocycles. The van der Waals surface area contributed by atoms with Gasteiger partial charge in [0.15, 0.2) is 12.4 Å². The Labute approximate surface area is 177 Å². The third-order valence-electron chi connectivity index (χ3n) is 6.07. The Morgan fingerprint density at radius 3 is 1.57 bits per heavy atom. The molecule has 0 unspecified atom stereocenters. The second-order valence-electron chi connectivity index (χ2n) is 8.83. The van der Waals surface area contributed by atoms with Crippen molar-refractivity contribution in [2.24, 2.45) is 0 Å². The van der Waals surface area contributed by atoms with Crippen molar-refractivity contribution in [3.63, 3.8) is 0 Å². The van der Waals surface area contributed by atoms with Crippen LogP contribution in [-0.4, -0.2) is 0 Å². The van der Waals surface area contributed by atoms with Gasteiger partial charge in [0, 0.05) is 18.1 Å². The Morgan fingerprint density at radius 2 is 1.00 bits per heavy atom. The topological polar surface area (TPSA) is 3.88 Å². The molecular weight excluding hydrogens is 338 g/mol. The standard InChI is InChI=1S/C27H50N/c1-4-7-10-13-15-17-20-26-22-24-28(23-19-12-9-6-3)25-27(26)21-18-16-14-11-8-5-2/h22,24-25H,4-21,23H2,1-3H3/q+1. The summed E-state index contributed by atoms with van der Waals surface area (Å²) in [6.45, 7) is 8.09. The SMILES string of the molecule is CCCCCCCCc1cc[n+](CCCCCC)cc1CCCCCCCC. The van der Waals surface area contributed by atoms with Crippen molar-refractivity contribution < 1.29 is 4.57 Å². The molecular formula is C27H50N+. The molecule has 0 atom stereocenters. The summed E-state index contributed by atoms with van der Waals surface area (Å²) in [6, 6.07) is 2.44. The molecule has 1 heteroatoms. The minimum atomic E-state index is 1.20. The lowest BCUT2D eigenvalue weighted by Crippen LogP contribution is -2.33. The summed E-state index contributed by atoms with van der Waals surface area (Å²) in [5.74, 6) is 0. The number of aromatic nitrogens is 1. The summed E-state index contributed by atoms with van der Waals surface area (Å²) >= 11 is 0. The van der Waals surface area contributed by atoms with E-state index in [0.717, 1.165) is 0 Å². The van der Waals surface area contributed by atoms with Gasteiger partial charge in [0.2, 0.25) is 0 Å². The molecule has 0 aromatic carbocycles. The van der Waals surface area contributed by atoms with Crippen molar-refractivity contribution in [2.45, 2.75) is 143 Å². The van der Waals surface area contributed by atoms with Crippen molar-refractivity contribution in [1.82, 2.24) is 0 Å². The highest BCUT2D eigenvalue weighted by atomic mass is 14.9. The summed E-state index contributed by atoms with van der Waals surface area (Å²) < 4.78 is 2.47. The maximum absolute atomic E-state index is 2.49. The fourth-order valence-corrected chi connectivity index (χ4v) is 4.14. The van der Waals surface area contributed by atoms with Crippen LogP contribution in [0.25, 0.3) is 0 Å². The van der Waals surface area contributed by atoms with Crippen LogP contribution in [0.3, 0.4) is 0 Å². The first kappa shape index (κ1) is 25.2. The van der Waals surface area contributed by atoms with Gasteiger partial charge in [-0.2, -0.15) is 0 Å². The van der Waals surface area contributed by atoms with Crippen LogP contribution in [0, 0.1) is 0 Å². The van der Waals surface area contributed by atoms with E-state index in [4.69, 9.17) is 0 Å². The van der Waals surface area contributed by atoms with Crippen molar-refractivity contribution in [3.8, 4) is 0 Å². The largest absolute Gasteiger partial charge is 0.205 e. The van der Waals surface area contributed by atoms with Crippen LogP contribution in [0.2, 0.25) is 0 Å². The molecule has 1 rings (SSSR count). The predicted octanol–water partition coefficient (Wildman–Crippen LogP) is 8.36. The maximum atomic E-state index is 2.49. The van der Waals surface area contributed by atoms with Crippen LogP contribution < -0.4 is 4.57 Å². The second-order valence-corrected chi connectivity index (χ2v) is 8.83. The van der Waals surface area contributed by atoms with E-state index in [-0.39, 0.29) is 0 Å². The molecule has 0 aliphatic carbocycles. The summed E-state index contributed by atoms with van der Waals surface area (Å²) in [4.78, 5) is 0.